The fourth-order valence-corrected chi connectivity index (χ4v) is 4.15. The maximum atomic E-state index is 12.5. The summed E-state index contributed by atoms with van der Waals surface area (Å²) in [6.07, 6.45) is -4.62. The van der Waals surface area contributed by atoms with Crippen LogP contribution in [0.15, 0.2) is 27.6 Å². The maximum absolute atomic E-state index is 12.5. The van der Waals surface area contributed by atoms with E-state index in [2.05, 4.69) is 15.9 Å². The lowest BCUT2D eigenvalue weighted by atomic mass is 10.3. The fraction of sp³-hybridized carbons (Fsp3) is 0.455. The summed E-state index contributed by atoms with van der Waals surface area (Å²) in [5.41, 5.74) is 5.66. The molecule has 0 fully saturated rings. The summed E-state index contributed by atoms with van der Waals surface area (Å²) in [6, 6.07) is 3.13. The molecular formula is C11H14BrF3N2O2S. The van der Waals surface area contributed by atoms with Crippen molar-refractivity contribution in [3.05, 3.63) is 22.7 Å². The molecule has 0 bridgehead atoms. The zero-order chi connectivity index (χ0) is 15.7. The molecule has 20 heavy (non-hydrogen) atoms. The maximum Gasteiger partial charge on any atom is 0.402 e. The van der Waals surface area contributed by atoms with Crippen LogP contribution in [0.4, 0.5) is 18.9 Å². The summed E-state index contributed by atoms with van der Waals surface area (Å²) in [5, 5.41) is 0. The highest BCUT2D eigenvalue weighted by molar-refractivity contribution is 9.10. The van der Waals surface area contributed by atoms with Gasteiger partial charge in [-0.3, -0.25) is 0 Å². The molecule has 0 radical (unpaired) electrons. The molecule has 114 valence electrons. The van der Waals surface area contributed by atoms with Crippen molar-refractivity contribution >= 4 is 31.6 Å². The number of nitrogens with zero attached hydrogens (tertiary/aromatic N) is 1. The van der Waals surface area contributed by atoms with Gasteiger partial charge >= 0.3 is 6.18 Å². The van der Waals surface area contributed by atoms with Gasteiger partial charge in [-0.2, -0.15) is 17.5 Å². The normalized spacial score (nSPS) is 13.2. The van der Waals surface area contributed by atoms with Crippen LogP contribution in [-0.2, 0) is 10.0 Å². The fourth-order valence-electron chi connectivity index (χ4n) is 1.57. The summed E-state index contributed by atoms with van der Waals surface area (Å²) in [4.78, 5) is -0.282. The van der Waals surface area contributed by atoms with Gasteiger partial charge in [0.15, 0.2) is 0 Å². The molecule has 0 amide bonds. The van der Waals surface area contributed by atoms with E-state index < -0.39 is 28.8 Å². The average Bonchev–Trinajstić information content (AvgIpc) is 2.27. The molecule has 9 heteroatoms. The quantitative estimate of drug-likeness (QED) is 0.823. The Balaban J connectivity index is 3.34. The summed E-state index contributed by atoms with van der Waals surface area (Å²) in [6.45, 7) is 1.21. The van der Waals surface area contributed by atoms with E-state index in [0.717, 1.165) is 6.07 Å². The van der Waals surface area contributed by atoms with Gasteiger partial charge in [-0.1, -0.05) is 0 Å². The van der Waals surface area contributed by atoms with E-state index in [1.165, 1.54) is 26.0 Å². The minimum atomic E-state index is -4.62. The third-order valence-electron chi connectivity index (χ3n) is 2.45. The predicted octanol–water partition coefficient (Wildman–Crippen LogP) is 2.99. The van der Waals surface area contributed by atoms with Gasteiger partial charge in [0.2, 0.25) is 10.0 Å². The molecule has 1 aromatic rings. The van der Waals surface area contributed by atoms with Crippen LogP contribution >= 0.6 is 15.9 Å². The number of rotatable bonds is 4. The van der Waals surface area contributed by atoms with E-state index in [0.29, 0.717) is 4.31 Å². The van der Waals surface area contributed by atoms with Crippen LogP contribution in [0.3, 0.4) is 0 Å². The number of sulfonamides is 1. The van der Waals surface area contributed by atoms with Gasteiger partial charge in [-0.15, -0.1) is 0 Å². The Labute approximate surface area is 123 Å². The topological polar surface area (TPSA) is 63.4 Å². The van der Waals surface area contributed by atoms with Gasteiger partial charge in [0, 0.05) is 16.2 Å². The molecule has 1 aromatic carbocycles. The van der Waals surface area contributed by atoms with Gasteiger partial charge in [0.1, 0.15) is 6.54 Å². The number of nitrogen functional groups attached to an aromatic ring is 1. The number of halogens is 4. The number of benzene rings is 1. The Bertz CT molecular complexity index is 588. The molecular weight excluding hydrogens is 361 g/mol. The molecule has 0 unspecified atom stereocenters. The second-order valence-corrected chi connectivity index (χ2v) is 7.16. The summed E-state index contributed by atoms with van der Waals surface area (Å²) >= 11 is 3.02. The third kappa shape index (κ3) is 4.10. The Morgan fingerprint density at radius 3 is 2.35 bits per heavy atom. The summed E-state index contributed by atoms with van der Waals surface area (Å²) in [5.74, 6) is 0. The summed E-state index contributed by atoms with van der Waals surface area (Å²) in [7, 11) is -4.30. The summed E-state index contributed by atoms with van der Waals surface area (Å²) < 4.78 is 62.9. The minimum absolute atomic E-state index is 0.155. The SMILES string of the molecule is CC(C)N(CC(F)(F)F)S(=O)(=O)c1cc(N)ccc1Br. The molecule has 0 saturated carbocycles. The second kappa shape index (κ2) is 5.90. The van der Waals surface area contributed by atoms with Crippen LogP contribution in [0.25, 0.3) is 0 Å². The molecule has 2 N–H and O–H groups in total. The molecule has 0 aliphatic heterocycles. The lowest BCUT2D eigenvalue weighted by Crippen LogP contribution is -2.43. The van der Waals surface area contributed by atoms with E-state index in [1.807, 2.05) is 0 Å². The van der Waals surface area contributed by atoms with Gasteiger partial charge < -0.3 is 5.73 Å². The van der Waals surface area contributed by atoms with Crippen molar-refractivity contribution in [1.82, 2.24) is 4.31 Å². The molecule has 0 aromatic heterocycles. The van der Waals surface area contributed by atoms with Crippen molar-refractivity contribution < 1.29 is 21.6 Å². The highest BCUT2D eigenvalue weighted by atomic mass is 79.9. The Kier molecular flexibility index (Phi) is 5.09. The van der Waals surface area contributed by atoms with Crippen molar-refractivity contribution in [1.29, 1.82) is 0 Å². The smallest absolute Gasteiger partial charge is 0.399 e. The zero-order valence-corrected chi connectivity index (χ0v) is 13.2. The Hall–Kier alpha value is -0.800. The van der Waals surface area contributed by atoms with Crippen molar-refractivity contribution in [2.24, 2.45) is 0 Å². The van der Waals surface area contributed by atoms with Gasteiger partial charge in [0.25, 0.3) is 0 Å². The van der Waals surface area contributed by atoms with Crippen LogP contribution in [-0.4, -0.2) is 31.5 Å². The van der Waals surface area contributed by atoms with Crippen LogP contribution in [0.1, 0.15) is 13.8 Å². The van der Waals surface area contributed by atoms with Gasteiger partial charge in [0.05, 0.1) is 4.90 Å². The minimum Gasteiger partial charge on any atom is -0.399 e. The average molecular weight is 375 g/mol. The van der Waals surface area contributed by atoms with Crippen molar-refractivity contribution in [2.75, 3.05) is 12.3 Å². The van der Waals surface area contributed by atoms with E-state index in [-0.39, 0.29) is 15.1 Å². The van der Waals surface area contributed by atoms with Gasteiger partial charge in [-0.05, 0) is 48.0 Å². The van der Waals surface area contributed by atoms with E-state index in [4.69, 9.17) is 5.73 Å². The molecule has 0 saturated heterocycles. The van der Waals surface area contributed by atoms with Crippen molar-refractivity contribution in [2.45, 2.75) is 31.0 Å². The highest BCUT2D eigenvalue weighted by Gasteiger charge is 2.39. The van der Waals surface area contributed by atoms with Crippen LogP contribution in [0.5, 0.6) is 0 Å². The number of alkyl halides is 3. The standard InChI is InChI=1S/C11H14BrF3N2O2S/c1-7(2)17(6-11(13,14)15)20(18,19)10-5-8(16)3-4-9(10)12/h3-5,7H,6,16H2,1-2H3. The van der Waals surface area contributed by atoms with Crippen LogP contribution < -0.4 is 5.73 Å². The lowest BCUT2D eigenvalue weighted by molar-refractivity contribution is -0.138. The molecule has 0 aliphatic rings. The van der Waals surface area contributed by atoms with Crippen LogP contribution in [0.2, 0.25) is 0 Å². The van der Waals surface area contributed by atoms with E-state index in [1.54, 1.807) is 0 Å². The molecule has 4 nitrogen and oxygen atoms in total. The first-order valence-electron chi connectivity index (χ1n) is 5.59. The number of nitrogens with two attached hydrogens (primary N) is 1. The van der Waals surface area contributed by atoms with Crippen LogP contribution in [0, 0.1) is 0 Å². The first-order valence-corrected chi connectivity index (χ1v) is 7.82. The lowest BCUT2D eigenvalue weighted by Gasteiger charge is -2.27. The first kappa shape index (κ1) is 17.3. The molecule has 0 heterocycles. The third-order valence-corrected chi connectivity index (χ3v) is 5.47. The van der Waals surface area contributed by atoms with Gasteiger partial charge in [-0.25, -0.2) is 8.42 Å². The Morgan fingerprint density at radius 1 is 1.35 bits per heavy atom. The molecule has 0 spiro atoms. The molecule has 0 atom stereocenters. The highest BCUT2D eigenvalue weighted by Crippen LogP contribution is 2.30. The second-order valence-electron chi connectivity index (χ2n) is 4.45. The zero-order valence-electron chi connectivity index (χ0n) is 10.8. The van der Waals surface area contributed by atoms with E-state index >= 15 is 0 Å². The molecule has 0 aliphatic carbocycles. The predicted molar refractivity (Wildman–Crippen MR) is 73.6 cm³/mol. The van der Waals surface area contributed by atoms with Crippen molar-refractivity contribution in [3.63, 3.8) is 0 Å². The molecule has 1 rings (SSSR count). The largest absolute Gasteiger partial charge is 0.402 e. The first-order chi connectivity index (χ1) is 8.95. The monoisotopic (exact) mass is 374 g/mol. The van der Waals surface area contributed by atoms with E-state index in [9.17, 15) is 21.6 Å². The number of hydrogen-bond donors (Lipinski definition) is 1. The number of hydrogen-bond acceptors (Lipinski definition) is 3. The number of anilines is 1. The van der Waals surface area contributed by atoms with Crippen molar-refractivity contribution in [3.8, 4) is 0 Å². The Morgan fingerprint density at radius 2 is 1.90 bits per heavy atom.